The van der Waals surface area contributed by atoms with E-state index in [-0.39, 0.29) is 24.4 Å². The molecule has 110 valence electrons. The summed E-state index contributed by atoms with van der Waals surface area (Å²) < 4.78 is 0. The summed E-state index contributed by atoms with van der Waals surface area (Å²) in [6, 6.07) is 8.26. The second-order valence-corrected chi connectivity index (χ2v) is 6.57. The average Bonchev–Trinajstić information content (AvgIpc) is 3.36. The van der Waals surface area contributed by atoms with Crippen molar-refractivity contribution in [2.24, 2.45) is 5.92 Å². The molecule has 1 N–H and O–H groups in total. The number of nitrogens with zero attached hydrogens (tertiary/aromatic N) is 1. The van der Waals surface area contributed by atoms with Gasteiger partial charge >= 0.3 is 5.97 Å². The van der Waals surface area contributed by atoms with E-state index < -0.39 is 11.9 Å². The van der Waals surface area contributed by atoms with Crippen molar-refractivity contribution in [3.8, 4) is 0 Å². The molecule has 0 aromatic heterocycles. The first-order valence-corrected chi connectivity index (χ1v) is 7.79. The maximum atomic E-state index is 12.2. The van der Waals surface area contributed by atoms with Gasteiger partial charge in [0.05, 0.1) is 12.0 Å². The van der Waals surface area contributed by atoms with Crippen LogP contribution in [0, 0.1) is 5.92 Å². The molecule has 1 amide bonds. The van der Waals surface area contributed by atoms with Crippen molar-refractivity contribution in [3.63, 3.8) is 0 Å². The Hall–Kier alpha value is -1.84. The predicted molar refractivity (Wildman–Crippen MR) is 76.8 cm³/mol. The lowest BCUT2D eigenvalue weighted by Crippen LogP contribution is -2.32. The minimum atomic E-state index is -0.859. The zero-order valence-electron chi connectivity index (χ0n) is 11.9. The Morgan fingerprint density at radius 2 is 1.67 bits per heavy atom. The standard InChI is InChI=1S/C17H19NO3/c19-15-9-14(17(20)21)16(18(15)13-7-8-13)12-5-3-11(4-6-12)10-1-2-10/h3-6,10,13-14,16H,1-2,7-9H2,(H,20,21). The Kier molecular flexibility index (Phi) is 2.81. The highest BCUT2D eigenvalue weighted by atomic mass is 16.4. The summed E-state index contributed by atoms with van der Waals surface area (Å²) in [5, 5.41) is 9.46. The molecule has 2 atom stereocenters. The van der Waals surface area contributed by atoms with Crippen molar-refractivity contribution in [3.05, 3.63) is 35.4 Å². The lowest BCUT2D eigenvalue weighted by molar-refractivity contribution is -0.142. The lowest BCUT2D eigenvalue weighted by atomic mass is 9.92. The van der Waals surface area contributed by atoms with Crippen molar-refractivity contribution in [1.82, 2.24) is 4.90 Å². The normalized spacial score (nSPS) is 29.0. The smallest absolute Gasteiger partial charge is 0.309 e. The highest BCUT2D eigenvalue weighted by molar-refractivity contribution is 5.87. The fourth-order valence-corrected chi connectivity index (χ4v) is 3.53. The summed E-state index contributed by atoms with van der Waals surface area (Å²) in [5.41, 5.74) is 2.32. The van der Waals surface area contributed by atoms with Gasteiger partial charge in [0, 0.05) is 12.5 Å². The predicted octanol–water partition coefficient (Wildman–Crippen LogP) is 2.70. The number of hydrogen-bond donors (Lipinski definition) is 1. The molecule has 21 heavy (non-hydrogen) atoms. The Balaban J connectivity index is 1.67. The molecule has 1 aromatic carbocycles. The van der Waals surface area contributed by atoms with Gasteiger partial charge in [-0.1, -0.05) is 24.3 Å². The number of benzene rings is 1. The third-order valence-corrected chi connectivity index (χ3v) is 4.95. The molecule has 2 saturated carbocycles. The van der Waals surface area contributed by atoms with Crippen LogP contribution < -0.4 is 0 Å². The van der Waals surface area contributed by atoms with Crippen LogP contribution in [0.2, 0.25) is 0 Å². The largest absolute Gasteiger partial charge is 0.481 e. The van der Waals surface area contributed by atoms with E-state index in [2.05, 4.69) is 12.1 Å². The maximum Gasteiger partial charge on any atom is 0.309 e. The molecule has 0 radical (unpaired) electrons. The van der Waals surface area contributed by atoms with Gasteiger partial charge in [0.25, 0.3) is 0 Å². The van der Waals surface area contributed by atoms with Crippen molar-refractivity contribution in [1.29, 1.82) is 0 Å². The number of rotatable bonds is 4. The van der Waals surface area contributed by atoms with Gasteiger partial charge in [-0.25, -0.2) is 0 Å². The van der Waals surface area contributed by atoms with Crippen molar-refractivity contribution >= 4 is 11.9 Å². The van der Waals surface area contributed by atoms with E-state index >= 15 is 0 Å². The van der Waals surface area contributed by atoms with Crippen LogP contribution in [0.5, 0.6) is 0 Å². The fraction of sp³-hybridized carbons (Fsp3) is 0.529. The van der Waals surface area contributed by atoms with E-state index in [1.807, 2.05) is 17.0 Å². The number of carbonyl (C=O) groups excluding carboxylic acids is 1. The van der Waals surface area contributed by atoms with Gasteiger partial charge in [-0.15, -0.1) is 0 Å². The SMILES string of the molecule is O=C(O)C1CC(=O)N(C2CC2)C1c1ccc(C2CC2)cc1. The minimum absolute atomic E-state index is 0.00108. The van der Waals surface area contributed by atoms with E-state index in [9.17, 15) is 14.7 Å². The zero-order chi connectivity index (χ0) is 14.6. The summed E-state index contributed by atoms with van der Waals surface area (Å²) in [5.74, 6) is -0.770. The number of aliphatic carboxylic acids is 1. The average molecular weight is 285 g/mol. The van der Waals surface area contributed by atoms with Gasteiger partial charge in [0.1, 0.15) is 0 Å². The maximum absolute atomic E-state index is 12.2. The van der Waals surface area contributed by atoms with Crippen molar-refractivity contribution in [2.75, 3.05) is 0 Å². The van der Waals surface area contributed by atoms with Crippen molar-refractivity contribution < 1.29 is 14.7 Å². The first kappa shape index (κ1) is 12.9. The van der Waals surface area contributed by atoms with Gasteiger partial charge in [-0.2, -0.15) is 0 Å². The topological polar surface area (TPSA) is 57.6 Å². The van der Waals surface area contributed by atoms with Crippen LogP contribution in [0.3, 0.4) is 0 Å². The van der Waals surface area contributed by atoms with Gasteiger partial charge in [0.2, 0.25) is 5.91 Å². The fourth-order valence-electron chi connectivity index (χ4n) is 3.53. The lowest BCUT2D eigenvalue weighted by Gasteiger charge is -2.27. The summed E-state index contributed by atoms with van der Waals surface area (Å²) in [6.07, 6.45) is 4.67. The highest BCUT2D eigenvalue weighted by Gasteiger charge is 2.49. The van der Waals surface area contributed by atoms with Crippen LogP contribution >= 0.6 is 0 Å². The number of likely N-dealkylation sites (tertiary alicyclic amines) is 1. The van der Waals surface area contributed by atoms with Crippen LogP contribution in [0.1, 0.15) is 55.2 Å². The van der Waals surface area contributed by atoms with Crippen LogP contribution in [-0.2, 0) is 9.59 Å². The molecule has 3 fully saturated rings. The number of amides is 1. The summed E-state index contributed by atoms with van der Waals surface area (Å²) in [7, 11) is 0. The molecular weight excluding hydrogens is 266 g/mol. The van der Waals surface area contributed by atoms with Crippen LogP contribution in [-0.4, -0.2) is 27.9 Å². The first-order chi connectivity index (χ1) is 10.1. The summed E-state index contributed by atoms with van der Waals surface area (Å²) in [4.78, 5) is 25.6. The molecule has 1 saturated heterocycles. The Labute approximate surface area is 123 Å². The molecule has 2 aliphatic carbocycles. The second kappa shape index (κ2) is 4.58. The molecule has 1 aliphatic heterocycles. The highest BCUT2D eigenvalue weighted by Crippen LogP contribution is 2.46. The summed E-state index contributed by atoms with van der Waals surface area (Å²) in [6.45, 7) is 0. The first-order valence-electron chi connectivity index (χ1n) is 7.79. The molecule has 1 aromatic rings. The molecule has 4 heteroatoms. The van der Waals surface area contributed by atoms with E-state index in [4.69, 9.17) is 0 Å². The van der Waals surface area contributed by atoms with E-state index in [0.717, 1.165) is 18.4 Å². The van der Waals surface area contributed by atoms with Gasteiger partial charge in [-0.05, 0) is 42.7 Å². The van der Waals surface area contributed by atoms with Crippen molar-refractivity contribution in [2.45, 2.75) is 50.1 Å². The molecule has 0 bridgehead atoms. The third-order valence-electron chi connectivity index (χ3n) is 4.95. The van der Waals surface area contributed by atoms with Gasteiger partial charge in [-0.3, -0.25) is 9.59 Å². The van der Waals surface area contributed by atoms with Gasteiger partial charge < -0.3 is 10.0 Å². The molecular formula is C17H19NO3. The Morgan fingerprint density at radius 1 is 1.05 bits per heavy atom. The van der Waals surface area contributed by atoms with Crippen LogP contribution in [0.15, 0.2) is 24.3 Å². The molecule has 4 rings (SSSR count). The van der Waals surface area contributed by atoms with Gasteiger partial charge in [0.15, 0.2) is 0 Å². The number of hydrogen-bond acceptors (Lipinski definition) is 2. The Bertz CT molecular complexity index is 587. The van der Waals surface area contributed by atoms with E-state index in [0.29, 0.717) is 5.92 Å². The molecule has 4 nitrogen and oxygen atoms in total. The quantitative estimate of drug-likeness (QED) is 0.925. The molecule has 1 heterocycles. The monoisotopic (exact) mass is 285 g/mol. The third kappa shape index (κ3) is 2.23. The van der Waals surface area contributed by atoms with E-state index in [1.165, 1.54) is 18.4 Å². The Morgan fingerprint density at radius 3 is 2.19 bits per heavy atom. The molecule has 0 spiro atoms. The summed E-state index contributed by atoms with van der Waals surface area (Å²) >= 11 is 0. The number of carbonyl (C=O) groups is 2. The number of carboxylic acids is 1. The second-order valence-electron chi connectivity index (χ2n) is 6.57. The molecule has 3 aliphatic rings. The van der Waals surface area contributed by atoms with E-state index in [1.54, 1.807) is 0 Å². The minimum Gasteiger partial charge on any atom is -0.481 e. The number of carboxylic acid groups (broad SMARTS) is 1. The zero-order valence-corrected chi connectivity index (χ0v) is 11.9. The van der Waals surface area contributed by atoms with Crippen LogP contribution in [0.25, 0.3) is 0 Å². The molecule has 2 unspecified atom stereocenters. The van der Waals surface area contributed by atoms with Crippen LogP contribution in [0.4, 0.5) is 0 Å².